The van der Waals surface area contributed by atoms with E-state index in [0.717, 1.165) is 29.8 Å². The fourth-order valence-corrected chi connectivity index (χ4v) is 5.26. The normalized spacial score (nSPS) is 11.5. The maximum Gasteiger partial charge on any atom is 0.242 e. The first kappa shape index (κ1) is 35.4. The van der Waals surface area contributed by atoms with Crippen molar-refractivity contribution in [2.24, 2.45) is 0 Å². The molecule has 7 nitrogen and oxygen atoms in total. The molecular formula is C35H57N3O4. The van der Waals surface area contributed by atoms with E-state index in [0.29, 0.717) is 39.1 Å². The molecule has 42 heavy (non-hydrogen) atoms. The first-order valence-corrected chi connectivity index (χ1v) is 16.0. The van der Waals surface area contributed by atoms with Gasteiger partial charge in [0.25, 0.3) is 0 Å². The third-order valence-corrected chi connectivity index (χ3v) is 7.79. The average Bonchev–Trinajstić information content (AvgIpc) is 3.40. The van der Waals surface area contributed by atoms with E-state index < -0.39 is 5.54 Å². The van der Waals surface area contributed by atoms with E-state index in [1.807, 2.05) is 35.4 Å². The Balaban J connectivity index is 2.01. The van der Waals surface area contributed by atoms with Crippen LogP contribution in [0.1, 0.15) is 110 Å². The van der Waals surface area contributed by atoms with E-state index >= 15 is 0 Å². The van der Waals surface area contributed by atoms with Crippen LogP contribution in [0, 0.1) is 0 Å². The fraction of sp³-hybridized carbons (Fsp3) is 0.657. The minimum Gasteiger partial charge on any atom is -0.497 e. The minimum atomic E-state index is -0.402. The molecule has 0 bridgehead atoms. The Bertz CT molecular complexity index is 1040. The van der Waals surface area contributed by atoms with Crippen molar-refractivity contribution in [2.45, 2.75) is 117 Å². The van der Waals surface area contributed by atoms with Gasteiger partial charge in [-0.1, -0.05) is 70.4 Å². The van der Waals surface area contributed by atoms with Crippen molar-refractivity contribution in [3.8, 4) is 5.75 Å². The molecule has 0 unspecified atom stereocenters. The zero-order valence-electron chi connectivity index (χ0n) is 27.3. The van der Waals surface area contributed by atoms with Gasteiger partial charge in [0.2, 0.25) is 11.8 Å². The number of amides is 2. The summed E-state index contributed by atoms with van der Waals surface area (Å²) in [5, 5.41) is 0. The van der Waals surface area contributed by atoms with Crippen LogP contribution in [0.5, 0.6) is 5.75 Å². The largest absolute Gasteiger partial charge is 0.497 e. The van der Waals surface area contributed by atoms with Crippen molar-refractivity contribution in [3.05, 3.63) is 53.9 Å². The van der Waals surface area contributed by atoms with E-state index in [2.05, 4.69) is 44.4 Å². The number of rotatable bonds is 21. The molecule has 0 radical (unpaired) electrons. The van der Waals surface area contributed by atoms with Crippen LogP contribution in [0.3, 0.4) is 0 Å². The number of aromatic nitrogens is 1. The molecule has 2 amide bonds. The van der Waals surface area contributed by atoms with E-state index in [1.54, 1.807) is 19.1 Å². The van der Waals surface area contributed by atoms with Gasteiger partial charge < -0.3 is 23.8 Å². The molecule has 1 aromatic carbocycles. The lowest BCUT2D eigenvalue weighted by Gasteiger charge is -2.37. The van der Waals surface area contributed by atoms with Crippen LogP contribution >= 0.6 is 0 Å². The SMILES string of the molecule is CCCCCCCCCCCC(=O)N(CCCOC)CC(=O)N(Cc1cccn1Cc1cccc(OC)c1)C(C)(C)C. The van der Waals surface area contributed by atoms with Gasteiger partial charge in [-0.3, -0.25) is 9.59 Å². The summed E-state index contributed by atoms with van der Waals surface area (Å²) in [6, 6.07) is 12.1. The highest BCUT2D eigenvalue weighted by molar-refractivity contribution is 5.85. The molecule has 7 heteroatoms. The Morgan fingerprint density at radius 1 is 0.857 bits per heavy atom. The number of hydrogen-bond acceptors (Lipinski definition) is 4. The number of nitrogens with zero attached hydrogens (tertiary/aromatic N) is 3. The maximum atomic E-state index is 13.8. The lowest BCUT2D eigenvalue weighted by molar-refractivity contribution is -0.144. The number of carbonyl (C=O) groups is 2. The summed E-state index contributed by atoms with van der Waals surface area (Å²) in [5.74, 6) is 0.862. The Morgan fingerprint density at radius 2 is 1.55 bits per heavy atom. The van der Waals surface area contributed by atoms with Gasteiger partial charge >= 0.3 is 0 Å². The van der Waals surface area contributed by atoms with Crippen molar-refractivity contribution in [1.29, 1.82) is 0 Å². The predicted molar refractivity (Wildman–Crippen MR) is 172 cm³/mol. The van der Waals surface area contributed by atoms with Crippen LogP contribution in [-0.4, -0.2) is 65.6 Å². The summed E-state index contributed by atoms with van der Waals surface area (Å²) in [7, 11) is 3.34. The second kappa shape index (κ2) is 19.4. The summed E-state index contributed by atoms with van der Waals surface area (Å²) in [5.41, 5.74) is 1.78. The second-order valence-corrected chi connectivity index (χ2v) is 12.4. The van der Waals surface area contributed by atoms with Gasteiger partial charge in [0, 0.05) is 50.7 Å². The molecule has 1 heterocycles. The van der Waals surface area contributed by atoms with Crippen LogP contribution in [0.25, 0.3) is 0 Å². The number of hydrogen-bond donors (Lipinski definition) is 0. The number of unbranched alkanes of at least 4 members (excludes halogenated alkanes) is 8. The van der Waals surface area contributed by atoms with Gasteiger partial charge in [0.1, 0.15) is 5.75 Å². The molecule has 0 aliphatic carbocycles. The van der Waals surface area contributed by atoms with E-state index in [4.69, 9.17) is 9.47 Å². The number of benzene rings is 1. The van der Waals surface area contributed by atoms with Gasteiger partial charge in [0.05, 0.1) is 20.2 Å². The molecule has 2 aromatic rings. The van der Waals surface area contributed by atoms with Gasteiger partial charge in [-0.2, -0.15) is 0 Å². The van der Waals surface area contributed by atoms with Crippen LogP contribution in [0.15, 0.2) is 42.6 Å². The van der Waals surface area contributed by atoms with Crippen LogP contribution in [-0.2, 0) is 27.4 Å². The molecular weight excluding hydrogens is 526 g/mol. The minimum absolute atomic E-state index is 0.0329. The molecule has 0 N–H and O–H groups in total. The molecule has 0 aliphatic heterocycles. The third kappa shape index (κ3) is 13.0. The molecule has 0 atom stereocenters. The predicted octanol–water partition coefficient (Wildman–Crippen LogP) is 7.46. The van der Waals surface area contributed by atoms with Crippen molar-refractivity contribution >= 4 is 11.8 Å². The van der Waals surface area contributed by atoms with Gasteiger partial charge in [-0.05, 0) is 63.4 Å². The molecule has 0 saturated carbocycles. The van der Waals surface area contributed by atoms with E-state index in [1.165, 1.54) is 44.9 Å². The fourth-order valence-electron chi connectivity index (χ4n) is 5.26. The highest BCUT2D eigenvalue weighted by Gasteiger charge is 2.29. The quantitative estimate of drug-likeness (QED) is 0.143. The Hall–Kier alpha value is -2.80. The van der Waals surface area contributed by atoms with Crippen molar-refractivity contribution in [2.75, 3.05) is 33.9 Å². The molecule has 2 rings (SSSR count). The topological polar surface area (TPSA) is 64.0 Å². The monoisotopic (exact) mass is 583 g/mol. The lowest BCUT2D eigenvalue weighted by atomic mass is 10.0. The molecule has 0 fully saturated rings. The van der Waals surface area contributed by atoms with E-state index in [-0.39, 0.29) is 18.4 Å². The van der Waals surface area contributed by atoms with Gasteiger partial charge in [-0.15, -0.1) is 0 Å². The highest BCUT2D eigenvalue weighted by Crippen LogP contribution is 2.21. The summed E-state index contributed by atoms with van der Waals surface area (Å²) < 4.78 is 12.8. The number of methoxy groups -OCH3 is 2. The highest BCUT2D eigenvalue weighted by atomic mass is 16.5. The first-order chi connectivity index (χ1) is 20.2. The van der Waals surface area contributed by atoms with Crippen LogP contribution < -0.4 is 4.74 Å². The Morgan fingerprint density at radius 3 is 2.19 bits per heavy atom. The average molecular weight is 584 g/mol. The zero-order valence-corrected chi connectivity index (χ0v) is 27.3. The van der Waals surface area contributed by atoms with E-state index in [9.17, 15) is 9.59 Å². The smallest absolute Gasteiger partial charge is 0.242 e. The van der Waals surface area contributed by atoms with Crippen molar-refractivity contribution in [3.63, 3.8) is 0 Å². The molecule has 1 aromatic heterocycles. The third-order valence-electron chi connectivity index (χ3n) is 7.79. The second-order valence-electron chi connectivity index (χ2n) is 12.4. The number of ether oxygens (including phenoxy) is 2. The van der Waals surface area contributed by atoms with Crippen LogP contribution in [0.4, 0.5) is 0 Å². The summed E-state index contributed by atoms with van der Waals surface area (Å²) in [6.07, 6.45) is 14.2. The number of carbonyl (C=O) groups excluding carboxylic acids is 2. The summed E-state index contributed by atoms with van der Waals surface area (Å²) >= 11 is 0. The molecule has 0 spiro atoms. The summed E-state index contributed by atoms with van der Waals surface area (Å²) in [6.45, 7) is 10.8. The Kier molecular flexibility index (Phi) is 16.4. The van der Waals surface area contributed by atoms with Gasteiger partial charge in [0.15, 0.2) is 0 Å². The maximum absolute atomic E-state index is 13.8. The van der Waals surface area contributed by atoms with Gasteiger partial charge in [-0.25, -0.2) is 0 Å². The zero-order chi connectivity index (χ0) is 30.8. The van der Waals surface area contributed by atoms with Crippen molar-refractivity contribution < 1.29 is 19.1 Å². The summed E-state index contributed by atoms with van der Waals surface area (Å²) in [4.78, 5) is 30.7. The lowest BCUT2D eigenvalue weighted by Crippen LogP contribution is -2.50. The Labute approximate surface area is 255 Å². The molecule has 236 valence electrons. The van der Waals surface area contributed by atoms with Crippen LogP contribution in [0.2, 0.25) is 0 Å². The molecule has 0 saturated heterocycles. The van der Waals surface area contributed by atoms with Crippen molar-refractivity contribution in [1.82, 2.24) is 14.4 Å². The standard InChI is InChI=1S/C35H57N3O4/c1-7-8-9-10-11-12-13-14-15-22-33(39)37(24-18-25-41-5)29-34(40)38(35(2,3)4)28-31-20-17-23-36(31)27-30-19-16-21-32(26-30)42-6/h16-17,19-21,23,26H,7-15,18,22,24-25,27-29H2,1-6H3. The molecule has 0 aliphatic rings. The first-order valence-electron chi connectivity index (χ1n) is 16.0.